The maximum atomic E-state index is 13.2. The number of aliphatic carboxylic acids is 1. The lowest BCUT2D eigenvalue weighted by molar-refractivity contribution is -0.153. The van der Waals surface area contributed by atoms with Crippen molar-refractivity contribution in [2.75, 3.05) is 6.54 Å². The van der Waals surface area contributed by atoms with E-state index in [9.17, 15) is 23.5 Å². The molecule has 3 atom stereocenters. The molecule has 0 aromatic carbocycles. The molecule has 0 unspecified atom stereocenters. The van der Waals surface area contributed by atoms with Crippen molar-refractivity contribution in [1.82, 2.24) is 4.90 Å². The van der Waals surface area contributed by atoms with Gasteiger partial charge in [-0.1, -0.05) is 6.42 Å². The highest BCUT2D eigenvalue weighted by atomic mass is 19.3. The third-order valence-corrected chi connectivity index (χ3v) is 5.49. The predicted octanol–water partition coefficient (Wildman–Crippen LogP) is 2.52. The average Bonchev–Trinajstić information content (AvgIpc) is 2.96. The highest BCUT2D eigenvalue weighted by molar-refractivity contribution is 5.86. The van der Waals surface area contributed by atoms with E-state index in [1.807, 2.05) is 0 Å². The smallest absolute Gasteiger partial charge is 0.326 e. The molecule has 1 saturated heterocycles. The van der Waals surface area contributed by atoms with Gasteiger partial charge in [0.2, 0.25) is 11.8 Å². The van der Waals surface area contributed by atoms with Crippen LogP contribution in [0, 0.1) is 17.8 Å². The molecular weight excluding hydrogens is 280 g/mol. The highest BCUT2D eigenvalue weighted by Crippen LogP contribution is 2.44. The topological polar surface area (TPSA) is 57.6 Å². The molecule has 3 aliphatic rings. The van der Waals surface area contributed by atoms with E-state index < -0.39 is 23.9 Å². The molecule has 0 bridgehead atoms. The third-order valence-electron chi connectivity index (χ3n) is 5.49. The Kier molecular flexibility index (Phi) is 3.66. The summed E-state index contributed by atoms with van der Waals surface area (Å²) < 4.78 is 26.4. The minimum Gasteiger partial charge on any atom is -0.480 e. The normalized spacial score (nSPS) is 35.7. The molecule has 1 heterocycles. The summed E-state index contributed by atoms with van der Waals surface area (Å²) in [4.78, 5) is 25.6. The Bertz CT molecular complexity index is 444. The Balaban J connectivity index is 1.71. The van der Waals surface area contributed by atoms with Crippen molar-refractivity contribution in [3.05, 3.63) is 0 Å². The van der Waals surface area contributed by atoms with Crippen LogP contribution in [-0.2, 0) is 9.59 Å². The summed E-state index contributed by atoms with van der Waals surface area (Å²) in [6, 6.07) is -0.743. The van der Waals surface area contributed by atoms with Crippen LogP contribution >= 0.6 is 0 Å². The number of rotatable bonds is 2. The van der Waals surface area contributed by atoms with E-state index in [4.69, 9.17) is 0 Å². The summed E-state index contributed by atoms with van der Waals surface area (Å²) in [5.41, 5.74) is 0. The first-order valence-electron chi connectivity index (χ1n) is 7.80. The zero-order valence-electron chi connectivity index (χ0n) is 11.9. The lowest BCUT2D eigenvalue weighted by atomic mass is 9.85. The largest absolute Gasteiger partial charge is 0.480 e. The first-order chi connectivity index (χ1) is 9.89. The van der Waals surface area contributed by atoms with Gasteiger partial charge in [-0.2, -0.15) is 0 Å². The SMILES string of the molecule is O=C(O)[C@@H]1[C@@H]2CCC[C@@H]2CN1C(=O)C1CCC(F)(F)CC1. The second-order valence-electron chi connectivity index (χ2n) is 6.76. The van der Waals surface area contributed by atoms with Crippen LogP contribution in [0.5, 0.6) is 0 Å². The Morgan fingerprint density at radius 3 is 2.38 bits per heavy atom. The van der Waals surface area contributed by atoms with Gasteiger partial charge in [0.15, 0.2) is 0 Å². The van der Waals surface area contributed by atoms with Gasteiger partial charge in [-0.25, -0.2) is 13.6 Å². The number of hydrogen-bond acceptors (Lipinski definition) is 2. The van der Waals surface area contributed by atoms with Crippen LogP contribution in [0.3, 0.4) is 0 Å². The van der Waals surface area contributed by atoms with Crippen LogP contribution in [0.4, 0.5) is 8.78 Å². The van der Waals surface area contributed by atoms with E-state index in [1.54, 1.807) is 0 Å². The van der Waals surface area contributed by atoms with Crippen LogP contribution < -0.4 is 0 Å². The van der Waals surface area contributed by atoms with Crippen molar-refractivity contribution in [3.63, 3.8) is 0 Å². The number of likely N-dealkylation sites (tertiary alicyclic amines) is 1. The maximum absolute atomic E-state index is 13.2. The van der Waals surface area contributed by atoms with Crippen LogP contribution in [0.2, 0.25) is 0 Å². The van der Waals surface area contributed by atoms with Crippen LogP contribution in [0.15, 0.2) is 0 Å². The number of carbonyl (C=O) groups is 2. The lowest BCUT2D eigenvalue weighted by Gasteiger charge is -2.32. The molecule has 0 aromatic heterocycles. The predicted molar refractivity (Wildman–Crippen MR) is 70.9 cm³/mol. The average molecular weight is 301 g/mol. The molecule has 2 saturated carbocycles. The van der Waals surface area contributed by atoms with Crippen molar-refractivity contribution in [3.8, 4) is 0 Å². The molecule has 3 fully saturated rings. The quantitative estimate of drug-likeness (QED) is 0.852. The van der Waals surface area contributed by atoms with Gasteiger partial charge >= 0.3 is 5.97 Å². The Hall–Kier alpha value is -1.20. The van der Waals surface area contributed by atoms with Gasteiger partial charge in [-0.05, 0) is 37.5 Å². The number of amides is 1. The minimum atomic E-state index is -2.66. The molecule has 0 aromatic rings. The van der Waals surface area contributed by atoms with Gasteiger partial charge in [0.25, 0.3) is 0 Å². The highest BCUT2D eigenvalue weighted by Gasteiger charge is 2.51. The summed E-state index contributed by atoms with van der Waals surface area (Å²) in [5.74, 6) is -3.92. The number of alkyl halides is 2. The molecule has 3 rings (SSSR count). The van der Waals surface area contributed by atoms with E-state index in [0.29, 0.717) is 6.54 Å². The van der Waals surface area contributed by atoms with E-state index >= 15 is 0 Å². The molecule has 1 N–H and O–H groups in total. The van der Waals surface area contributed by atoms with Gasteiger partial charge in [0, 0.05) is 25.3 Å². The number of fused-ring (bicyclic) bond motifs is 1. The fourth-order valence-electron chi connectivity index (χ4n) is 4.37. The van der Waals surface area contributed by atoms with Gasteiger partial charge in [-0.15, -0.1) is 0 Å². The second kappa shape index (κ2) is 5.21. The third kappa shape index (κ3) is 2.64. The van der Waals surface area contributed by atoms with E-state index in [-0.39, 0.29) is 43.4 Å². The summed E-state index contributed by atoms with van der Waals surface area (Å²) in [7, 11) is 0. The molecule has 2 aliphatic carbocycles. The van der Waals surface area contributed by atoms with E-state index in [1.165, 1.54) is 4.90 Å². The number of carboxylic acid groups (broad SMARTS) is 1. The standard InChI is InChI=1S/C15H21F2NO3/c16-15(17)6-4-9(5-7-15)13(19)18-8-10-2-1-3-11(10)12(18)14(20)21/h9-12H,1-8H2,(H,20,21)/t10-,11-,12+/m1/s1. The Morgan fingerprint density at radius 1 is 1.10 bits per heavy atom. The molecule has 0 radical (unpaired) electrons. The van der Waals surface area contributed by atoms with Gasteiger partial charge < -0.3 is 10.0 Å². The van der Waals surface area contributed by atoms with Gasteiger partial charge in [-0.3, -0.25) is 4.79 Å². The number of carbonyl (C=O) groups excluding carboxylic acids is 1. The van der Waals surface area contributed by atoms with Crippen molar-refractivity contribution in [2.45, 2.75) is 56.9 Å². The molecule has 0 spiro atoms. The fraction of sp³-hybridized carbons (Fsp3) is 0.867. The van der Waals surface area contributed by atoms with Crippen LogP contribution in [0.1, 0.15) is 44.9 Å². The van der Waals surface area contributed by atoms with Crippen molar-refractivity contribution in [1.29, 1.82) is 0 Å². The van der Waals surface area contributed by atoms with Crippen molar-refractivity contribution >= 4 is 11.9 Å². The van der Waals surface area contributed by atoms with Crippen LogP contribution in [0.25, 0.3) is 0 Å². The molecule has 4 nitrogen and oxygen atoms in total. The summed E-state index contributed by atoms with van der Waals surface area (Å²) in [6.45, 7) is 0.493. The second-order valence-corrected chi connectivity index (χ2v) is 6.76. The number of halogens is 2. The fourth-order valence-corrected chi connectivity index (χ4v) is 4.37. The Morgan fingerprint density at radius 2 is 1.76 bits per heavy atom. The van der Waals surface area contributed by atoms with Gasteiger partial charge in [0.1, 0.15) is 6.04 Å². The summed E-state index contributed by atoms with van der Waals surface area (Å²) in [5, 5.41) is 9.45. The molecule has 21 heavy (non-hydrogen) atoms. The first-order valence-corrected chi connectivity index (χ1v) is 7.80. The molecule has 6 heteroatoms. The zero-order chi connectivity index (χ0) is 15.2. The number of carboxylic acids is 1. The van der Waals surface area contributed by atoms with Crippen LogP contribution in [-0.4, -0.2) is 40.4 Å². The summed E-state index contributed by atoms with van der Waals surface area (Å²) in [6.07, 6.45) is 2.67. The number of nitrogens with zero attached hydrogens (tertiary/aromatic N) is 1. The summed E-state index contributed by atoms with van der Waals surface area (Å²) >= 11 is 0. The Labute approximate surface area is 122 Å². The van der Waals surface area contributed by atoms with Crippen molar-refractivity contribution in [2.24, 2.45) is 17.8 Å². The molecule has 1 amide bonds. The molecular formula is C15H21F2NO3. The number of hydrogen-bond donors (Lipinski definition) is 1. The monoisotopic (exact) mass is 301 g/mol. The molecule has 118 valence electrons. The van der Waals surface area contributed by atoms with E-state index in [2.05, 4.69) is 0 Å². The molecule has 1 aliphatic heterocycles. The maximum Gasteiger partial charge on any atom is 0.326 e. The van der Waals surface area contributed by atoms with Gasteiger partial charge in [0.05, 0.1) is 0 Å². The minimum absolute atomic E-state index is 0.0523. The first kappa shape index (κ1) is 14.7. The van der Waals surface area contributed by atoms with E-state index in [0.717, 1.165) is 19.3 Å². The zero-order valence-corrected chi connectivity index (χ0v) is 11.9. The van der Waals surface area contributed by atoms with Crippen molar-refractivity contribution < 1.29 is 23.5 Å². The lowest BCUT2D eigenvalue weighted by Crippen LogP contribution is -2.47.